The van der Waals surface area contributed by atoms with Crippen LogP contribution in [0.25, 0.3) is 6.08 Å². The van der Waals surface area contributed by atoms with Gasteiger partial charge in [0.05, 0.1) is 11.6 Å². The van der Waals surface area contributed by atoms with Gasteiger partial charge in [-0.2, -0.15) is 5.26 Å². The van der Waals surface area contributed by atoms with Gasteiger partial charge in [0.1, 0.15) is 0 Å². The highest BCUT2D eigenvalue weighted by molar-refractivity contribution is 14.0. The Hall–Kier alpha value is -2.33. The normalized spacial score (nSPS) is 14.1. The molecule has 140 valence electrons. The van der Waals surface area contributed by atoms with Crippen molar-refractivity contribution in [2.24, 2.45) is 4.99 Å². The van der Waals surface area contributed by atoms with Crippen LogP contribution in [0.3, 0.4) is 0 Å². The number of nitrogens with zero attached hydrogens (tertiary/aromatic N) is 3. The van der Waals surface area contributed by atoms with Crippen LogP contribution in [0, 0.1) is 11.3 Å². The Morgan fingerprint density at radius 3 is 2.56 bits per heavy atom. The number of likely N-dealkylation sites (tertiary alicyclic amines) is 1. The monoisotopic (exact) mass is 472 g/mol. The molecule has 1 saturated heterocycles. The number of benzene rings is 2. The molecule has 0 saturated carbocycles. The second-order valence-electron chi connectivity index (χ2n) is 6.41. The Labute approximate surface area is 178 Å². The standard InChI is InChI=1S/C22H24N4.HI/c1-24-22(25-17-21-9-5-8-20(15-21)16-23)26-12-10-19(11-13-26)14-18-6-3-2-4-7-18;/h2-9,14-15H,10-13,17H2,1H3,(H,24,25);1H. The lowest BCUT2D eigenvalue weighted by Crippen LogP contribution is -2.44. The Bertz CT molecular complexity index is 827. The number of nitrogens with one attached hydrogen (secondary N) is 1. The first-order valence-corrected chi connectivity index (χ1v) is 8.97. The van der Waals surface area contributed by atoms with Gasteiger partial charge in [-0.25, -0.2) is 0 Å². The third-order valence-electron chi connectivity index (χ3n) is 4.59. The molecule has 0 atom stereocenters. The Morgan fingerprint density at radius 1 is 1.15 bits per heavy atom. The zero-order valence-corrected chi connectivity index (χ0v) is 17.9. The van der Waals surface area contributed by atoms with Gasteiger partial charge in [0.25, 0.3) is 0 Å². The molecular formula is C22H25IN4. The highest BCUT2D eigenvalue weighted by Gasteiger charge is 2.17. The van der Waals surface area contributed by atoms with Crippen molar-refractivity contribution in [3.8, 4) is 6.07 Å². The van der Waals surface area contributed by atoms with Gasteiger partial charge in [-0.1, -0.05) is 54.1 Å². The van der Waals surface area contributed by atoms with E-state index in [4.69, 9.17) is 5.26 Å². The minimum Gasteiger partial charge on any atom is -0.352 e. The number of hydrogen-bond donors (Lipinski definition) is 1. The zero-order valence-electron chi connectivity index (χ0n) is 15.6. The number of rotatable bonds is 3. The van der Waals surface area contributed by atoms with Crippen molar-refractivity contribution in [3.05, 3.63) is 76.9 Å². The average Bonchev–Trinajstić information content (AvgIpc) is 2.70. The Balaban J connectivity index is 0.00000261. The van der Waals surface area contributed by atoms with Crippen molar-refractivity contribution >= 4 is 36.0 Å². The summed E-state index contributed by atoms with van der Waals surface area (Å²) in [5, 5.41) is 12.4. The van der Waals surface area contributed by atoms with Crippen LogP contribution in [0.15, 0.2) is 65.2 Å². The van der Waals surface area contributed by atoms with E-state index in [-0.39, 0.29) is 24.0 Å². The molecule has 5 heteroatoms. The van der Waals surface area contributed by atoms with Gasteiger partial charge in [0.2, 0.25) is 0 Å². The second-order valence-corrected chi connectivity index (χ2v) is 6.41. The largest absolute Gasteiger partial charge is 0.352 e. The number of halogens is 1. The molecule has 0 bridgehead atoms. The molecule has 1 heterocycles. The summed E-state index contributed by atoms with van der Waals surface area (Å²) in [5.41, 5.74) is 4.54. The summed E-state index contributed by atoms with van der Waals surface area (Å²) in [6.07, 6.45) is 4.42. The molecule has 2 aromatic carbocycles. The number of nitriles is 1. The van der Waals surface area contributed by atoms with Crippen molar-refractivity contribution in [3.63, 3.8) is 0 Å². The van der Waals surface area contributed by atoms with Gasteiger partial charge in [0, 0.05) is 26.7 Å². The lowest BCUT2D eigenvalue weighted by Gasteiger charge is -2.31. The van der Waals surface area contributed by atoms with E-state index in [0.717, 1.165) is 37.5 Å². The molecule has 0 aliphatic carbocycles. The van der Waals surface area contributed by atoms with Crippen LogP contribution < -0.4 is 5.32 Å². The second kappa shape index (κ2) is 10.7. The minimum atomic E-state index is 0. The van der Waals surface area contributed by atoms with E-state index in [1.165, 1.54) is 11.1 Å². The molecule has 2 aromatic rings. The SMILES string of the molecule is CN=C(NCc1cccc(C#N)c1)N1CCC(=Cc2ccccc2)CC1.I. The fourth-order valence-corrected chi connectivity index (χ4v) is 3.20. The fraction of sp³-hybridized carbons (Fsp3) is 0.273. The first-order valence-electron chi connectivity index (χ1n) is 8.97. The predicted molar refractivity (Wildman–Crippen MR) is 122 cm³/mol. The van der Waals surface area contributed by atoms with E-state index in [1.54, 1.807) is 0 Å². The Kier molecular flexibility index (Phi) is 8.34. The van der Waals surface area contributed by atoms with Crippen molar-refractivity contribution in [1.82, 2.24) is 10.2 Å². The van der Waals surface area contributed by atoms with E-state index in [9.17, 15) is 0 Å². The molecule has 1 N–H and O–H groups in total. The molecule has 0 unspecified atom stereocenters. The third kappa shape index (κ3) is 6.10. The molecule has 0 radical (unpaired) electrons. The predicted octanol–water partition coefficient (Wildman–Crippen LogP) is 4.43. The number of aliphatic imine (C=N–C) groups is 1. The molecule has 3 rings (SSSR count). The maximum Gasteiger partial charge on any atom is 0.193 e. The molecule has 0 spiro atoms. The summed E-state index contributed by atoms with van der Waals surface area (Å²) in [7, 11) is 1.82. The van der Waals surface area contributed by atoms with Crippen molar-refractivity contribution < 1.29 is 0 Å². The summed E-state index contributed by atoms with van der Waals surface area (Å²) in [4.78, 5) is 6.73. The first kappa shape index (κ1) is 21.0. The lowest BCUT2D eigenvalue weighted by molar-refractivity contribution is 0.375. The highest BCUT2D eigenvalue weighted by atomic mass is 127. The number of piperidine rings is 1. The quantitative estimate of drug-likeness (QED) is 0.409. The molecule has 1 fully saturated rings. The summed E-state index contributed by atoms with van der Waals surface area (Å²) in [6, 6.07) is 20.4. The van der Waals surface area contributed by atoms with E-state index < -0.39 is 0 Å². The first-order chi connectivity index (χ1) is 12.8. The molecule has 0 aromatic heterocycles. The maximum atomic E-state index is 9.01. The molecule has 4 nitrogen and oxygen atoms in total. The fourth-order valence-electron chi connectivity index (χ4n) is 3.20. The number of guanidine groups is 1. The smallest absolute Gasteiger partial charge is 0.193 e. The molecular weight excluding hydrogens is 447 g/mol. The van der Waals surface area contributed by atoms with Crippen molar-refractivity contribution in [2.75, 3.05) is 20.1 Å². The molecule has 27 heavy (non-hydrogen) atoms. The number of hydrogen-bond acceptors (Lipinski definition) is 2. The Morgan fingerprint density at radius 2 is 1.89 bits per heavy atom. The van der Waals surface area contributed by atoms with Crippen LogP contribution in [0.4, 0.5) is 0 Å². The van der Waals surface area contributed by atoms with Crippen LogP contribution >= 0.6 is 24.0 Å². The lowest BCUT2D eigenvalue weighted by atomic mass is 10.0. The summed E-state index contributed by atoms with van der Waals surface area (Å²) in [5.74, 6) is 0.922. The van der Waals surface area contributed by atoms with Gasteiger partial charge in [-0.3, -0.25) is 4.99 Å². The van der Waals surface area contributed by atoms with E-state index in [0.29, 0.717) is 12.1 Å². The summed E-state index contributed by atoms with van der Waals surface area (Å²) >= 11 is 0. The van der Waals surface area contributed by atoms with Crippen LogP contribution in [0.2, 0.25) is 0 Å². The van der Waals surface area contributed by atoms with E-state index >= 15 is 0 Å². The van der Waals surface area contributed by atoms with Gasteiger partial charge >= 0.3 is 0 Å². The third-order valence-corrected chi connectivity index (χ3v) is 4.59. The van der Waals surface area contributed by atoms with Crippen LogP contribution in [-0.4, -0.2) is 31.0 Å². The van der Waals surface area contributed by atoms with Gasteiger partial charge in [-0.05, 0) is 36.1 Å². The average molecular weight is 472 g/mol. The van der Waals surface area contributed by atoms with Crippen LogP contribution in [0.1, 0.15) is 29.5 Å². The zero-order chi connectivity index (χ0) is 18.2. The maximum absolute atomic E-state index is 9.01. The summed E-state index contributed by atoms with van der Waals surface area (Å²) in [6.45, 7) is 2.61. The van der Waals surface area contributed by atoms with E-state index in [2.05, 4.69) is 51.6 Å². The van der Waals surface area contributed by atoms with E-state index in [1.807, 2.05) is 37.4 Å². The topological polar surface area (TPSA) is 51.4 Å². The highest BCUT2D eigenvalue weighted by Crippen LogP contribution is 2.19. The molecule has 1 aliphatic heterocycles. The van der Waals surface area contributed by atoms with Crippen molar-refractivity contribution in [2.45, 2.75) is 19.4 Å². The van der Waals surface area contributed by atoms with Gasteiger partial charge < -0.3 is 10.2 Å². The van der Waals surface area contributed by atoms with Gasteiger partial charge in [0.15, 0.2) is 5.96 Å². The van der Waals surface area contributed by atoms with Gasteiger partial charge in [-0.15, -0.1) is 24.0 Å². The summed E-state index contributed by atoms with van der Waals surface area (Å²) < 4.78 is 0. The molecule has 1 aliphatic rings. The van der Waals surface area contributed by atoms with Crippen LogP contribution in [0.5, 0.6) is 0 Å². The van der Waals surface area contributed by atoms with Crippen molar-refractivity contribution in [1.29, 1.82) is 5.26 Å². The van der Waals surface area contributed by atoms with Crippen LogP contribution in [-0.2, 0) is 6.54 Å². The molecule has 0 amide bonds. The minimum absolute atomic E-state index is 0.